The SMILES string of the molecule is CCC(O)CN1CCN(C(=O)c2ccc(-n3ccnc3)nn2)CC1. The van der Waals surface area contributed by atoms with Gasteiger partial charge in [-0.25, -0.2) is 4.98 Å². The van der Waals surface area contributed by atoms with E-state index in [2.05, 4.69) is 20.1 Å². The van der Waals surface area contributed by atoms with Crippen molar-refractivity contribution in [1.29, 1.82) is 0 Å². The summed E-state index contributed by atoms with van der Waals surface area (Å²) in [5.74, 6) is 0.526. The number of carbonyl (C=O) groups is 1. The lowest BCUT2D eigenvalue weighted by Gasteiger charge is -2.35. The molecule has 2 aromatic heterocycles. The summed E-state index contributed by atoms with van der Waals surface area (Å²) in [6.45, 7) is 5.45. The van der Waals surface area contributed by atoms with Crippen LogP contribution in [-0.2, 0) is 0 Å². The highest BCUT2D eigenvalue weighted by Gasteiger charge is 2.24. The molecule has 1 amide bonds. The second-order valence-corrected chi connectivity index (χ2v) is 5.90. The van der Waals surface area contributed by atoms with E-state index in [1.807, 2.05) is 6.92 Å². The van der Waals surface area contributed by atoms with Crippen LogP contribution in [0.4, 0.5) is 0 Å². The summed E-state index contributed by atoms with van der Waals surface area (Å²) >= 11 is 0. The van der Waals surface area contributed by atoms with Gasteiger partial charge < -0.3 is 10.0 Å². The Labute approximate surface area is 140 Å². The van der Waals surface area contributed by atoms with Gasteiger partial charge in [0.15, 0.2) is 11.5 Å². The summed E-state index contributed by atoms with van der Waals surface area (Å²) in [6, 6.07) is 3.45. The lowest BCUT2D eigenvalue weighted by Crippen LogP contribution is -2.50. The molecule has 3 rings (SSSR count). The number of aliphatic hydroxyl groups excluding tert-OH is 1. The Morgan fingerprint density at radius 2 is 2.04 bits per heavy atom. The van der Waals surface area contributed by atoms with Crippen LogP contribution in [0.5, 0.6) is 0 Å². The smallest absolute Gasteiger partial charge is 0.274 e. The maximum absolute atomic E-state index is 12.5. The van der Waals surface area contributed by atoms with E-state index in [0.29, 0.717) is 31.1 Å². The maximum atomic E-state index is 12.5. The van der Waals surface area contributed by atoms with Crippen LogP contribution in [0, 0.1) is 0 Å². The van der Waals surface area contributed by atoms with Crippen molar-refractivity contribution in [1.82, 2.24) is 29.5 Å². The summed E-state index contributed by atoms with van der Waals surface area (Å²) in [7, 11) is 0. The zero-order chi connectivity index (χ0) is 16.9. The van der Waals surface area contributed by atoms with Gasteiger partial charge >= 0.3 is 0 Å². The Hall–Kier alpha value is -2.32. The first kappa shape index (κ1) is 16.5. The molecule has 2 aromatic rings. The molecule has 0 aromatic carbocycles. The Kier molecular flexibility index (Phi) is 5.17. The molecule has 0 bridgehead atoms. The lowest BCUT2D eigenvalue weighted by molar-refractivity contribution is 0.0518. The van der Waals surface area contributed by atoms with Crippen molar-refractivity contribution in [3.63, 3.8) is 0 Å². The van der Waals surface area contributed by atoms with Crippen LogP contribution in [0.15, 0.2) is 30.9 Å². The van der Waals surface area contributed by atoms with Gasteiger partial charge in [0.25, 0.3) is 5.91 Å². The number of β-amino-alcohol motifs (C(OH)–C–C–N with tert-alkyl or cyclic N) is 1. The summed E-state index contributed by atoms with van der Waals surface area (Å²) < 4.78 is 1.74. The standard InChI is InChI=1S/C16H22N6O2/c1-2-13(23)11-20-7-9-21(10-8-20)16(24)14-3-4-15(19-18-14)22-6-5-17-12-22/h3-6,12-13,23H,2,7-11H2,1H3. The van der Waals surface area contributed by atoms with E-state index in [4.69, 9.17) is 0 Å². The number of amides is 1. The number of piperazine rings is 1. The largest absolute Gasteiger partial charge is 0.392 e. The van der Waals surface area contributed by atoms with Gasteiger partial charge in [-0.2, -0.15) is 0 Å². The molecule has 1 aliphatic rings. The highest BCUT2D eigenvalue weighted by molar-refractivity contribution is 5.92. The van der Waals surface area contributed by atoms with Gasteiger partial charge in [0, 0.05) is 45.1 Å². The predicted octanol–water partition coefficient (Wildman–Crippen LogP) is 0.191. The number of nitrogens with zero attached hydrogens (tertiary/aromatic N) is 6. The van der Waals surface area contributed by atoms with Crippen molar-refractivity contribution in [3.05, 3.63) is 36.5 Å². The van der Waals surface area contributed by atoms with Gasteiger partial charge in [-0.1, -0.05) is 6.92 Å². The van der Waals surface area contributed by atoms with Crippen LogP contribution < -0.4 is 0 Å². The quantitative estimate of drug-likeness (QED) is 0.842. The molecule has 8 heteroatoms. The molecular weight excluding hydrogens is 308 g/mol. The molecule has 0 radical (unpaired) electrons. The second-order valence-electron chi connectivity index (χ2n) is 5.90. The first-order chi connectivity index (χ1) is 11.7. The number of hydrogen-bond donors (Lipinski definition) is 1. The Bertz CT molecular complexity index is 650. The monoisotopic (exact) mass is 330 g/mol. The van der Waals surface area contributed by atoms with E-state index in [-0.39, 0.29) is 12.0 Å². The van der Waals surface area contributed by atoms with E-state index in [9.17, 15) is 9.90 Å². The number of carbonyl (C=O) groups excluding carboxylic acids is 1. The molecule has 1 saturated heterocycles. The normalized spacial score (nSPS) is 17.0. The topological polar surface area (TPSA) is 87.4 Å². The third-order valence-electron chi connectivity index (χ3n) is 4.24. The van der Waals surface area contributed by atoms with Crippen molar-refractivity contribution < 1.29 is 9.90 Å². The average molecular weight is 330 g/mol. The summed E-state index contributed by atoms with van der Waals surface area (Å²) in [4.78, 5) is 20.5. The minimum Gasteiger partial charge on any atom is -0.392 e. The average Bonchev–Trinajstić information content (AvgIpc) is 3.16. The van der Waals surface area contributed by atoms with E-state index >= 15 is 0 Å². The Morgan fingerprint density at radius 3 is 2.62 bits per heavy atom. The highest BCUT2D eigenvalue weighted by atomic mass is 16.3. The number of aliphatic hydroxyl groups is 1. The molecule has 1 unspecified atom stereocenters. The number of hydrogen-bond acceptors (Lipinski definition) is 6. The molecule has 0 saturated carbocycles. The number of rotatable bonds is 5. The molecule has 1 fully saturated rings. The van der Waals surface area contributed by atoms with Crippen LogP contribution in [-0.4, -0.2) is 79.4 Å². The van der Waals surface area contributed by atoms with Crippen molar-refractivity contribution >= 4 is 5.91 Å². The summed E-state index contributed by atoms with van der Waals surface area (Å²) in [5, 5.41) is 17.9. The van der Waals surface area contributed by atoms with Gasteiger partial charge in [-0.15, -0.1) is 10.2 Å². The maximum Gasteiger partial charge on any atom is 0.274 e. The highest BCUT2D eigenvalue weighted by Crippen LogP contribution is 2.09. The molecule has 1 atom stereocenters. The van der Waals surface area contributed by atoms with Crippen LogP contribution in [0.1, 0.15) is 23.8 Å². The Morgan fingerprint density at radius 1 is 1.25 bits per heavy atom. The zero-order valence-electron chi connectivity index (χ0n) is 13.7. The second kappa shape index (κ2) is 7.50. The molecule has 0 aliphatic carbocycles. The van der Waals surface area contributed by atoms with Crippen molar-refractivity contribution in [3.8, 4) is 5.82 Å². The minimum atomic E-state index is -0.297. The summed E-state index contributed by atoms with van der Waals surface area (Å²) in [5.41, 5.74) is 0.348. The van der Waals surface area contributed by atoms with Crippen molar-refractivity contribution in [2.75, 3.05) is 32.7 Å². The first-order valence-electron chi connectivity index (χ1n) is 8.19. The molecular formula is C16H22N6O2. The predicted molar refractivity (Wildman–Crippen MR) is 87.8 cm³/mol. The van der Waals surface area contributed by atoms with E-state index < -0.39 is 0 Å². The van der Waals surface area contributed by atoms with Gasteiger partial charge in [0.1, 0.15) is 6.33 Å². The van der Waals surface area contributed by atoms with Crippen molar-refractivity contribution in [2.24, 2.45) is 0 Å². The molecule has 3 heterocycles. The lowest BCUT2D eigenvalue weighted by atomic mass is 10.2. The summed E-state index contributed by atoms with van der Waals surface area (Å²) in [6.07, 6.45) is 5.52. The van der Waals surface area contributed by atoms with Crippen LogP contribution in [0.3, 0.4) is 0 Å². The minimum absolute atomic E-state index is 0.102. The molecule has 8 nitrogen and oxygen atoms in total. The molecule has 1 N–H and O–H groups in total. The Balaban J connectivity index is 1.57. The van der Waals surface area contributed by atoms with E-state index in [0.717, 1.165) is 19.5 Å². The number of aromatic nitrogens is 4. The third-order valence-corrected chi connectivity index (χ3v) is 4.24. The zero-order valence-corrected chi connectivity index (χ0v) is 13.7. The van der Waals surface area contributed by atoms with Gasteiger partial charge in [-0.3, -0.25) is 14.3 Å². The van der Waals surface area contributed by atoms with Gasteiger partial charge in [-0.05, 0) is 18.6 Å². The third kappa shape index (κ3) is 3.77. The van der Waals surface area contributed by atoms with Crippen LogP contribution in [0.25, 0.3) is 5.82 Å². The van der Waals surface area contributed by atoms with Gasteiger partial charge in [0.2, 0.25) is 0 Å². The molecule has 1 aliphatic heterocycles. The fourth-order valence-corrected chi connectivity index (χ4v) is 2.69. The van der Waals surface area contributed by atoms with Crippen molar-refractivity contribution in [2.45, 2.75) is 19.4 Å². The van der Waals surface area contributed by atoms with Crippen LogP contribution in [0.2, 0.25) is 0 Å². The molecule has 128 valence electrons. The fraction of sp³-hybridized carbons (Fsp3) is 0.500. The molecule has 24 heavy (non-hydrogen) atoms. The fourth-order valence-electron chi connectivity index (χ4n) is 2.69. The van der Waals surface area contributed by atoms with Crippen LogP contribution >= 0.6 is 0 Å². The number of imidazole rings is 1. The first-order valence-corrected chi connectivity index (χ1v) is 8.19. The van der Waals surface area contributed by atoms with Gasteiger partial charge in [0.05, 0.1) is 6.10 Å². The van der Waals surface area contributed by atoms with E-state index in [1.54, 1.807) is 40.3 Å². The van der Waals surface area contributed by atoms with E-state index in [1.165, 1.54) is 0 Å². The molecule has 0 spiro atoms.